The van der Waals surface area contributed by atoms with Gasteiger partial charge in [-0.2, -0.15) is 5.26 Å². The van der Waals surface area contributed by atoms with Gasteiger partial charge in [0.15, 0.2) is 0 Å². The molecule has 0 spiro atoms. The molecule has 0 saturated heterocycles. The Morgan fingerprint density at radius 3 is 2.26 bits per heavy atom. The summed E-state index contributed by atoms with van der Waals surface area (Å²) in [7, 11) is 0. The van der Waals surface area contributed by atoms with Gasteiger partial charge in [-0.05, 0) is 55.7 Å². The van der Waals surface area contributed by atoms with Crippen LogP contribution in [-0.2, 0) is 9.47 Å². The Labute approximate surface area is 163 Å². The number of ether oxygens (including phenoxy) is 2. The zero-order chi connectivity index (χ0) is 19.3. The first-order valence-electron chi connectivity index (χ1n) is 10.6. The summed E-state index contributed by atoms with van der Waals surface area (Å²) in [6.07, 6.45) is 11.6. The van der Waals surface area contributed by atoms with Gasteiger partial charge >= 0.3 is 6.16 Å². The average molecular weight is 372 g/mol. The minimum Gasteiger partial charge on any atom is -0.434 e. The van der Waals surface area contributed by atoms with Gasteiger partial charge in [0.1, 0.15) is 6.10 Å². The molecular formula is C23H33NO3. The SMILES string of the molecule is CCCCCCCCCOC(=O)OC1CCC(c2ccc(C#N)cc2)CC1. The van der Waals surface area contributed by atoms with Crippen molar-refractivity contribution < 1.29 is 14.3 Å². The van der Waals surface area contributed by atoms with E-state index in [9.17, 15) is 4.79 Å². The van der Waals surface area contributed by atoms with Gasteiger partial charge in [-0.25, -0.2) is 4.79 Å². The third kappa shape index (κ3) is 8.03. The van der Waals surface area contributed by atoms with Crippen molar-refractivity contribution in [1.82, 2.24) is 0 Å². The van der Waals surface area contributed by atoms with E-state index in [0.29, 0.717) is 18.1 Å². The van der Waals surface area contributed by atoms with Gasteiger partial charge < -0.3 is 9.47 Å². The van der Waals surface area contributed by atoms with Gasteiger partial charge in [0.05, 0.1) is 18.2 Å². The molecule has 27 heavy (non-hydrogen) atoms. The van der Waals surface area contributed by atoms with Crippen molar-refractivity contribution in [2.45, 2.75) is 89.6 Å². The van der Waals surface area contributed by atoms with Crippen LogP contribution in [0.4, 0.5) is 4.79 Å². The monoisotopic (exact) mass is 371 g/mol. The maximum Gasteiger partial charge on any atom is 0.508 e. The first-order valence-corrected chi connectivity index (χ1v) is 10.6. The summed E-state index contributed by atoms with van der Waals surface area (Å²) in [4.78, 5) is 11.8. The number of rotatable bonds is 10. The average Bonchev–Trinajstić information content (AvgIpc) is 2.70. The second-order valence-electron chi connectivity index (χ2n) is 7.55. The van der Waals surface area contributed by atoms with Crippen LogP contribution >= 0.6 is 0 Å². The Kier molecular flexibility index (Phi) is 9.76. The minimum atomic E-state index is -0.511. The van der Waals surface area contributed by atoms with E-state index in [1.807, 2.05) is 24.3 Å². The molecule has 1 saturated carbocycles. The smallest absolute Gasteiger partial charge is 0.434 e. The van der Waals surface area contributed by atoms with Crippen LogP contribution in [0.25, 0.3) is 0 Å². The summed E-state index contributed by atoms with van der Waals surface area (Å²) >= 11 is 0. The number of hydrogen-bond donors (Lipinski definition) is 0. The highest BCUT2D eigenvalue weighted by molar-refractivity contribution is 5.60. The summed E-state index contributed by atoms with van der Waals surface area (Å²) in [5.74, 6) is 0.487. The van der Waals surface area contributed by atoms with Crippen molar-refractivity contribution in [1.29, 1.82) is 5.26 Å². The summed E-state index contributed by atoms with van der Waals surface area (Å²) in [6.45, 7) is 2.69. The van der Waals surface area contributed by atoms with Crippen LogP contribution in [0.2, 0.25) is 0 Å². The molecule has 1 aliphatic rings. The molecule has 0 bridgehead atoms. The van der Waals surface area contributed by atoms with Gasteiger partial charge in [0.2, 0.25) is 0 Å². The predicted molar refractivity (Wildman–Crippen MR) is 107 cm³/mol. The van der Waals surface area contributed by atoms with Crippen LogP contribution in [0.5, 0.6) is 0 Å². The van der Waals surface area contributed by atoms with Crippen LogP contribution in [0.15, 0.2) is 24.3 Å². The molecule has 0 aromatic heterocycles. The molecule has 0 amide bonds. The van der Waals surface area contributed by atoms with Gasteiger partial charge in [0.25, 0.3) is 0 Å². The van der Waals surface area contributed by atoms with E-state index < -0.39 is 6.16 Å². The van der Waals surface area contributed by atoms with E-state index >= 15 is 0 Å². The number of benzene rings is 1. The van der Waals surface area contributed by atoms with Gasteiger partial charge in [-0.1, -0.05) is 57.6 Å². The van der Waals surface area contributed by atoms with E-state index in [0.717, 1.165) is 38.5 Å². The second kappa shape index (κ2) is 12.4. The standard InChI is InChI=1S/C23H33NO3/c1-2-3-4-5-6-7-8-17-26-23(25)27-22-15-13-21(14-16-22)20-11-9-19(18-24)10-12-20/h9-12,21-22H,2-8,13-17H2,1H3. The van der Waals surface area contributed by atoms with E-state index in [-0.39, 0.29) is 6.10 Å². The fourth-order valence-corrected chi connectivity index (χ4v) is 3.73. The molecule has 0 aliphatic heterocycles. The first kappa shape index (κ1) is 21.3. The second-order valence-corrected chi connectivity index (χ2v) is 7.55. The topological polar surface area (TPSA) is 59.3 Å². The number of nitriles is 1. The normalized spacial score (nSPS) is 19.3. The molecule has 1 aromatic rings. The number of nitrogens with zero attached hydrogens (tertiary/aromatic N) is 1. The maximum atomic E-state index is 11.8. The molecule has 1 aliphatic carbocycles. The Morgan fingerprint density at radius 1 is 1.00 bits per heavy atom. The number of hydrogen-bond acceptors (Lipinski definition) is 4. The Bertz CT molecular complexity index is 583. The third-order valence-electron chi connectivity index (χ3n) is 5.42. The molecule has 1 aromatic carbocycles. The lowest BCUT2D eigenvalue weighted by Crippen LogP contribution is -2.24. The Hall–Kier alpha value is -2.02. The predicted octanol–water partition coefficient (Wildman–Crippen LogP) is 6.49. The van der Waals surface area contributed by atoms with Gasteiger partial charge in [0, 0.05) is 0 Å². The Balaban J connectivity index is 1.55. The molecule has 0 heterocycles. The summed E-state index contributed by atoms with van der Waals surface area (Å²) in [5, 5.41) is 8.88. The quantitative estimate of drug-likeness (QED) is 0.348. The van der Waals surface area contributed by atoms with Crippen molar-refractivity contribution in [2.24, 2.45) is 0 Å². The molecule has 2 rings (SSSR count). The van der Waals surface area contributed by atoms with E-state index in [1.165, 1.54) is 37.7 Å². The molecule has 0 N–H and O–H groups in total. The van der Waals surface area contributed by atoms with E-state index in [2.05, 4.69) is 13.0 Å². The lowest BCUT2D eigenvalue weighted by molar-refractivity contribution is 0.00863. The molecule has 1 fully saturated rings. The van der Waals surface area contributed by atoms with Crippen molar-refractivity contribution in [2.75, 3.05) is 6.61 Å². The van der Waals surface area contributed by atoms with Crippen molar-refractivity contribution in [3.8, 4) is 6.07 Å². The largest absolute Gasteiger partial charge is 0.508 e. The molecule has 148 valence electrons. The number of carbonyl (C=O) groups is 1. The van der Waals surface area contributed by atoms with Crippen LogP contribution in [0, 0.1) is 11.3 Å². The van der Waals surface area contributed by atoms with Crippen LogP contribution in [0.3, 0.4) is 0 Å². The lowest BCUT2D eigenvalue weighted by atomic mass is 9.82. The fourth-order valence-electron chi connectivity index (χ4n) is 3.73. The number of unbranched alkanes of at least 4 members (excludes halogenated alkanes) is 6. The highest BCUT2D eigenvalue weighted by Crippen LogP contribution is 2.34. The van der Waals surface area contributed by atoms with Crippen molar-refractivity contribution in [3.05, 3.63) is 35.4 Å². The highest BCUT2D eigenvalue weighted by Gasteiger charge is 2.25. The van der Waals surface area contributed by atoms with Crippen molar-refractivity contribution in [3.63, 3.8) is 0 Å². The third-order valence-corrected chi connectivity index (χ3v) is 5.42. The van der Waals surface area contributed by atoms with E-state index in [4.69, 9.17) is 14.7 Å². The summed E-state index contributed by atoms with van der Waals surface area (Å²) < 4.78 is 10.7. The van der Waals surface area contributed by atoms with Crippen LogP contribution in [0.1, 0.15) is 94.6 Å². The summed E-state index contributed by atoms with van der Waals surface area (Å²) in [5.41, 5.74) is 1.97. The zero-order valence-corrected chi connectivity index (χ0v) is 16.6. The van der Waals surface area contributed by atoms with Crippen LogP contribution < -0.4 is 0 Å². The van der Waals surface area contributed by atoms with Gasteiger partial charge in [-0.3, -0.25) is 0 Å². The first-order chi connectivity index (χ1) is 13.2. The van der Waals surface area contributed by atoms with Crippen LogP contribution in [-0.4, -0.2) is 18.9 Å². The lowest BCUT2D eigenvalue weighted by Gasteiger charge is -2.28. The molecule has 4 heteroatoms. The fraction of sp³-hybridized carbons (Fsp3) is 0.652. The molecule has 4 nitrogen and oxygen atoms in total. The molecule has 0 atom stereocenters. The molecule has 0 unspecified atom stereocenters. The Morgan fingerprint density at radius 2 is 1.63 bits per heavy atom. The number of carbonyl (C=O) groups excluding carboxylic acids is 1. The van der Waals surface area contributed by atoms with Gasteiger partial charge in [-0.15, -0.1) is 0 Å². The highest BCUT2D eigenvalue weighted by atomic mass is 16.7. The summed E-state index contributed by atoms with van der Waals surface area (Å²) in [6, 6.07) is 9.98. The van der Waals surface area contributed by atoms with E-state index in [1.54, 1.807) is 0 Å². The molecular weight excluding hydrogens is 338 g/mol. The van der Waals surface area contributed by atoms with Crippen molar-refractivity contribution >= 4 is 6.16 Å². The minimum absolute atomic E-state index is 0.0267. The maximum absolute atomic E-state index is 11.8. The zero-order valence-electron chi connectivity index (χ0n) is 16.6. The molecule has 0 radical (unpaired) electrons.